The zero-order chi connectivity index (χ0) is 19.1. The molecule has 0 bridgehead atoms. The highest BCUT2D eigenvalue weighted by Crippen LogP contribution is 2.16. The highest BCUT2D eigenvalue weighted by molar-refractivity contribution is 5.90. The van der Waals surface area contributed by atoms with E-state index < -0.39 is 0 Å². The Balaban J connectivity index is 1.38. The molecule has 1 saturated heterocycles. The summed E-state index contributed by atoms with van der Waals surface area (Å²) in [4.78, 5) is 21.2. The lowest BCUT2D eigenvalue weighted by Crippen LogP contribution is -2.44. The topological polar surface area (TPSA) is 57.7 Å². The molecule has 0 spiro atoms. The van der Waals surface area contributed by atoms with Crippen molar-refractivity contribution >= 4 is 17.4 Å². The van der Waals surface area contributed by atoms with Crippen LogP contribution in [0.5, 0.6) is 5.75 Å². The van der Waals surface area contributed by atoms with Crippen LogP contribution in [0, 0.1) is 6.92 Å². The Bertz CT molecular complexity index is 723. The van der Waals surface area contributed by atoms with Crippen molar-refractivity contribution in [3.8, 4) is 5.75 Å². The lowest BCUT2D eigenvalue weighted by molar-refractivity contribution is -0.116. The van der Waals surface area contributed by atoms with Gasteiger partial charge in [-0.15, -0.1) is 0 Å². The van der Waals surface area contributed by atoms with Crippen LogP contribution >= 0.6 is 0 Å². The minimum Gasteiger partial charge on any atom is -0.494 e. The van der Waals surface area contributed by atoms with E-state index in [2.05, 4.69) is 27.1 Å². The van der Waals surface area contributed by atoms with Gasteiger partial charge in [0.2, 0.25) is 5.91 Å². The van der Waals surface area contributed by atoms with Crippen LogP contribution in [-0.2, 0) is 4.79 Å². The number of likely N-dealkylation sites (N-methyl/N-ethyl adjacent to an activating group) is 1. The van der Waals surface area contributed by atoms with Gasteiger partial charge in [0.25, 0.3) is 0 Å². The van der Waals surface area contributed by atoms with Gasteiger partial charge in [0, 0.05) is 32.6 Å². The lowest BCUT2D eigenvalue weighted by atomic mass is 10.2. The predicted octanol–water partition coefficient (Wildman–Crippen LogP) is 2.94. The van der Waals surface area contributed by atoms with Gasteiger partial charge in [0.1, 0.15) is 11.6 Å². The van der Waals surface area contributed by atoms with Crippen molar-refractivity contribution in [1.29, 1.82) is 0 Å². The molecule has 1 aliphatic heterocycles. The van der Waals surface area contributed by atoms with Crippen LogP contribution in [0.3, 0.4) is 0 Å². The van der Waals surface area contributed by atoms with Gasteiger partial charge in [-0.2, -0.15) is 0 Å². The Labute approximate surface area is 161 Å². The van der Waals surface area contributed by atoms with Gasteiger partial charge >= 0.3 is 0 Å². The molecule has 0 radical (unpaired) electrons. The van der Waals surface area contributed by atoms with E-state index in [-0.39, 0.29) is 5.91 Å². The molecular weight excluding hydrogens is 340 g/mol. The highest BCUT2D eigenvalue weighted by Gasteiger charge is 2.15. The van der Waals surface area contributed by atoms with Crippen LogP contribution < -0.4 is 15.0 Å². The number of carbonyl (C=O) groups excluding carboxylic acids is 1. The summed E-state index contributed by atoms with van der Waals surface area (Å²) in [5.74, 6) is 1.79. The van der Waals surface area contributed by atoms with E-state index in [4.69, 9.17) is 4.74 Å². The molecule has 1 aliphatic rings. The lowest BCUT2D eigenvalue weighted by Gasteiger charge is -2.33. The van der Waals surface area contributed by atoms with Crippen molar-refractivity contribution in [1.82, 2.24) is 9.88 Å². The maximum absolute atomic E-state index is 12.1. The second kappa shape index (κ2) is 9.37. The van der Waals surface area contributed by atoms with E-state index in [1.54, 1.807) is 6.20 Å². The average Bonchev–Trinajstić information content (AvgIpc) is 2.68. The number of piperazine rings is 1. The molecule has 0 unspecified atom stereocenters. The number of nitrogens with zero attached hydrogens (tertiary/aromatic N) is 3. The number of ether oxygens (including phenoxy) is 1. The SMILES string of the molecule is Cc1ccc(OCCCC(=O)Nc2ccc(N3CCN(C)CC3)nc2)cc1. The summed E-state index contributed by atoms with van der Waals surface area (Å²) in [7, 11) is 2.13. The van der Waals surface area contributed by atoms with Crippen molar-refractivity contribution < 1.29 is 9.53 Å². The molecule has 144 valence electrons. The minimum absolute atomic E-state index is 0.0170. The summed E-state index contributed by atoms with van der Waals surface area (Å²) >= 11 is 0. The molecule has 1 aromatic carbocycles. The van der Waals surface area contributed by atoms with Gasteiger partial charge < -0.3 is 19.9 Å². The third-order valence-corrected chi connectivity index (χ3v) is 4.70. The van der Waals surface area contributed by atoms with Crippen molar-refractivity contribution in [3.05, 3.63) is 48.2 Å². The molecule has 6 heteroatoms. The molecule has 3 rings (SSSR count). The third kappa shape index (κ3) is 5.96. The van der Waals surface area contributed by atoms with Crippen LogP contribution in [-0.4, -0.2) is 55.6 Å². The highest BCUT2D eigenvalue weighted by atomic mass is 16.5. The smallest absolute Gasteiger partial charge is 0.224 e. The molecule has 27 heavy (non-hydrogen) atoms. The summed E-state index contributed by atoms with van der Waals surface area (Å²) in [5, 5.41) is 2.90. The maximum Gasteiger partial charge on any atom is 0.224 e. The van der Waals surface area contributed by atoms with E-state index in [9.17, 15) is 4.79 Å². The molecule has 0 aliphatic carbocycles. The fraction of sp³-hybridized carbons (Fsp3) is 0.429. The van der Waals surface area contributed by atoms with Crippen LogP contribution in [0.2, 0.25) is 0 Å². The van der Waals surface area contributed by atoms with E-state index in [1.165, 1.54) is 5.56 Å². The van der Waals surface area contributed by atoms with Crippen LogP contribution in [0.15, 0.2) is 42.6 Å². The minimum atomic E-state index is -0.0170. The number of pyridine rings is 1. The summed E-state index contributed by atoms with van der Waals surface area (Å²) < 4.78 is 5.65. The standard InChI is InChI=1S/C21H28N4O2/c1-17-5-8-19(9-6-17)27-15-3-4-21(26)23-18-7-10-20(22-16-18)25-13-11-24(2)12-14-25/h5-10,16H,3-4,11-15H2,1-2H3,(H,23,26). The Morgan fingerprint density at radius 2 is 1.85 bits per heavy atom. The number of nitrogens with one attached hydrogen (secondary N) is 1. The first-order valence-electron chi connectivity index (χ1n) is 9.49. The Morgan fingerprint density at radius 1 is 1.11 bits per heavy atom. The Hall–Kier alpha value is -2.60. The first-order chi connectivity index (χ1) is 13.1. The van der Waals surface area contributed by atoms with Crippen LogP contribution in [0.4, 0.5) is 11.5 Å². The summed E-state index contributed by atoms with van der Waals surface area (Å²) in [6.07, 6.45) is 2.83. The van der Waals surface area contributed by atoms with Gasteiger partial charge in [0.15, 0.2) is 0 Å². The number of hydrogen-bond donors (Lipinski definition) is 1. The molecule has 2 heterocycles. The van der Waals surface area contributed by atoms with E-state index >= 15 is 0 Å². The second-order valence-corrected chi connectivity index (χ2v) is 7.01. The van der Waals surface area contributed by atoms with Gasteiger partial charge in [-0.05, 0) is 44.7 Å². The Kier molecular flexibility index (Phi) is 6.65. The number of anilines is 2. The predicted molar refractivity (Wildman–Crippen MR) is 108 cm³/mol. The molecule has 1 N–H and O–H groups in total. The van der Waals surface area contributed by atoms with Gasteiger partial charge in [-0.1, -0.05) is 17.7 Å². The van der Waals surface area contributed by atoms with Crippen molar-refractivity contribution in [2.75, 3.05) is 50.1 Å². The molecule has 0 saturated carbocycles. The third-order valence-electron chi connectivity index (χ3n) is 4.70. The summed E-state index contributed by atoms with van der Waals surface area (Å²) in [5.41, 5.74) is 1.94. The number of aryl methyl sites for hydroxylation is 1. The van der Waals surface area contributed by atoms with Gasteiger partial charge in [-0.3, -0.25) is 4.79 Å². The largest absolute Gasteiger partial charge is 0.494 e. The summed E-state index contributed by atoms with van der Waals surface area (Å²) in [6.45, 7) is 6.62. The van der Waals surface area contributed by atoms with Crippen molar-refractivity contribution in [2.24, 2.45) is 0 Å². The number of rotatable bonds is 7. The van der Waals surface area contributed by atoms with Gasteiger partial charge in [-0.25, -0.2) is 4.98 Å². The number of carbonyl (C=O) groups is 1. The molecule has 2 aromatic rings. The van der Waals surface area contributed by atoms with Crippen LogP contribution in [0.25, 0.3) is 0 Å². The first kappa shape index (κ1) is 19.2. The number of benzene rings is 1. The molecule has 1 amide bonds. The molecule has 1 fully saturated rings. The number of aromatic nitrogens is 1. The van der Waals surface area contributed by atoms with E-state index in [0.29, 0.717) is 19.4 Å². The Morgan fingerprint density at radius 3 is 2.52 bits per heavy atom. The second-order valence-electron chi connectivity index (χ2n) is 7.01. The monoisotopic (exact) mass is 368 g/mol. The molecule has 0 atom stereocenters. The molecular formula is C21H28N4O2. The zero-order valence-electron chi connectivity index (χ0n) is 16.1. The van der Waals surface area contributed by atoms with E-state index in [0.717, 1.165) is 43.4 Å². The normalized spacial score (nSPS) is 14.8. The van der Waals surface area contributed by atoms with Crippen molar-refractivity contribution in [3.63, 3.8) is 0 Å². The number of amides is 1. The number of hydrogen-bond acceptors (Lipinski definition) is 5. The fourth-order valence-electron chi connectivity index (χ4n) is 2.96. The maximum atomic E-state index is 12.1. The van der Waals surface area contributed by atoms with Crippen molar-refractivity contribution in [2.45, 2.75) is 19.8 Å². The molecule has 6 nitrogen and oxygen atoms in total. The quantitative estimate of drug-likeness (QED) is 0.762. The fourth-order valence-corrected chi connectivity index (χ4v) is 2.96. The van der Waals surface area contributed by atoms with E-state index in [1.807, 2.05) is 43.3 Å². The first-order valence-corrected chi connectivity index (χ1v) is 9.49. The average molecular weight is 368 g/mol. The zero-order valence-corrected chi connectivity index (χ0v) is 16.1. The molecule has 1 aromatic heterocycles. The van der Waals surface area contributed by atoms with Crippen LogP contribution in [0.1, 0.15) is 18.4 Å². The van der Waals surface area contributed by atoms with Gasteiger partial charge in [0.05, 0.1) is 18.5 Å². The summed E-state index contributed by atoms with van der Waals surface area (Å²) in [6, 6.07) is 11.8.